The first kappa shape index (κ1) is 15.9. The molecular weight excluding hydrogens is 306 g/mol. The Morgan fingerprint density at radius 3 is 2.96 bits per heavy atom. The van der Waals surface area contributed by atoms with Gasteiger partial charge in [0.05, 0.1) is 17.0 Å². The van der Waals surface area contributed by atoms with Gasteiger partial charge in [0.25, 0.3) is 5.91 Å². The number of thiophene rings is 1. The van der Waals surface area contributed by atoms with Crippen molar-refractivity contribution in [1.29, 1.82) is 0 Å². The van der Waals surface area contributed by atoms with Crippen LogP contribution in [0.4, 0.5) is 0 Å². The minimum atomic E-state index is -0.0422. The number of rotatable bonds is 5. The second-order valence-corrected chi connectivity index (χ2v) is 6.44. The maximum atomic E-state index is 12.3. The molecule has 0 atom stereocenters. The van der Waals surface area contributed by atoms with E-state index in [2.05, 4.69) is 32.7 Å². The van der Waals surface area contributed by atoms with Crippen molar-refractivity contribution in [2.45, 2.75) is 13.3 Å². The Balaban J connectivity index is 1.57. The van der Waals surface area contributed by atoms with Gasteiger partial charge in [0.1, 0.15) is 0 Å². The van der Waals surface area contributed by atoms with Crippen LogP contribution >= 0.6 is 11.3 Å². The Bertz CT molecular complexity index is 694. The van der Waals surface area contributed by atoms with E-state index in [1.54, 1.807) is 11.3 Å². The average molecular weight is 327 g/mol. The zero-order chi connectivity index (χ0) is 16.1. The number of hydrogen-bond acceptors (Lipinski definition) is 4. The molecule has 1 aliphatic heterocycles. The number of aryl methyl sites for hydroxylation is 1. The first-order valence-electron chi connectivity index (χ1n) is 7.90. The summed E-state index contributed by atoms with van der Waals surface area (Å²) >= 11 is 1.65. The Morgan fingerprint density at radius 1 is 1.35 bits per heavy atom. The number of carbonyl (C=O) groups excluding carboxylic acids is 1. The molecular formula is C18H21N3OS. The highest BCUT2D eigenvalue weighted by Gasteiger charge is 2.12. The molecule has 2 aromatic rings. The third-order valence-corrected chi connectivity index (χ3v) is 4.69. The van der Waals surface area contributed by atoms with Gasteiger partial charge in [0.15, 0.2) is 0 Å². The predicted molar refractivity (Wildman–Crippen MR) is 94.8 cm³/mol. The van der Waals surface area contributed by atoms with Gasteiger partial charge in [0.2, 0.25) is 0 Å². The van der Waals surface area contributed by atoms with E-state index in [0.717, 1.165) is 43.0 Å². The summed E-state index contributed by atoms with van der Waals surface area (Å²) in [6.07, 6.45) is 5.49. The zero-order valence-electron chi connectivity index (χ0n) is 13.3. The van der Waals surface area contributed by atoms with E-state index in [4.69, 9.17) is 0 Å². The lowest BCUT2D eigenvalue weighted by molar-refractivity contribution is 0.0948. The molecule has 0 saturated carbocycles. The number of nitrogens with one attached hydrogen (secondary N) is 1. The van der Waals surface area contributed by atoms with Crippen molar-refractivity contribution in [3.05, 3.63) is 52.4 Å². The Morgan fingerprint density at radius 2 is 2.26 bits per heavy atom. The molecule has 0 radical (unpaired) electrons. The molecule has 1 aliphatic rings. The van der Waals surface area contributed by atoms with Crippen molar-refractivity contribution in [3.63, 3.8) is 0 Å². The quantitative estimate of drug-likeness (QED) is 0.858. The molecule has 0 spiro atoms. The van der Waals surface area contributed by atoms with E-state index in [1.165, 1.54) is 0 Å². The van der Waals surface area contributed by atoms with Crippen molar-refractivity contribution in [1.82, 2.24) is 15.2 Å². The van der Waals surface area contributed by atoms with E-state index in [0.29, 0.717) is 12.1 Å². The van der Waals surface area contributed by atoms with Gasteiger partial charge in [-0.15, -0.1) is 0 Å². The Labute approximate surface area is 140 Å². The number of hydrogen-bond donors (Lipinski definition) is 1. The van der Waals surface area contributed by atoms with Gasteiger partial charge < -0.3 is 5.32 Å². The molecule has 2 aromatic heterocycles. The molecule has 120 valence electrons. The van der Waals surface area contributed by atoms with E-state index in [1.807, 2.05) is 30.5 Å². The summed E-state index contributed by atoms with van der Waals surface area (Å²) in [6, 6.07) is 5.83. The second kappa shape index (κ2) is 7.53. The highest BCUT2D eigenvalue weighted by atomic mass is 32.1. The summed E-state index contributed by atoms with van der Waals surface area (Å²) in [6.45, 7) is 5.49. The fourth-order valence-corrected chi connectivity index (χ4v) is 3.34. The van der Waals surface area contributed by atoms with Crippen LogP contribution in [0.1, 0.15) is 22.5 Å². The fourth-order valence-electron chi connectivity index (χ4n) is 2.69. The number of nitrogens with zero attached hydrogens (tertiary/aromatic N) is 2. The first-order chi connectivity index (χ1) is 11.2. The molecule has 0 aliphatic carbocycles. The summed E-state index contributed by atoms with van der Waals surface area (Å²) < 4.78 is 0. The van der Waals surface area contributed by atoms with Crippen LogP contribution in [-0.4, -0.2) is 42.0 Å². The van der Waals surface area contributed by atoms with Crippen LogP contribution in [0.25, 0.3) is 11.3 Å². The molecule has 5 heteroatoms. The van der Waals surface area contributed by atoms with Crippen LogP contribution in [0.15, 0.2) is 41.1 Å². The lowest BCUT2D eigenvalue weighted by Gasteiger charge is -2.22. The van der Waals surface area contributed by atoms with Crippen LogP contribution in [0.3, 0.4) is 0 Å². The van der Waals surface area contributed by atoms with Crippen LogP contribution in [0.2, 0.25) is 0 Å². The van der Waals surface area contributed by atoms with Crippen molar-refractivity contribution >= 4 is 17.2 Å². The van der Waals surface area contributed by atoms with E-state index >= 15 is 0 Å². The van der Waals surface area contributed by atoms with Gasteiger partial charge in [-0.1, -0.05) is 12.2 Å². The largest absolute Gasteiger partial charge is 0.351 e. The smallest absolute Gasteiger partial charge is 0.253 e. The highest BCUT2D eigenvalue weighted by Crippen LogP contribution is 2.21. The first-order valence-corrected chi connectivity index (χ1v) is 8.84. The zero-order valence-corrected chi connectivity index (χ0v) is 14.1. The van der Waals surface area contributed by atoms with E-state index < -0.39 is 0 Å². The van der Waals surface area contributed by atoms with Gasteiger partial charge in [-0.2, -0.15) is 11.3 Å². The number of carbonyl (C=O) groups is 1. The van der Waals surface area contributed by atoms with E-state index in [-0.39, 0.29) is 5.91 Å². The molecule has 0 aromatic carbocycles. The van der Waals surface area contributed by atoms with Crippen molar-refractivity contribution < 1.29 is 4.79 Å². The third-order valence-electron chi connectivity index (χ3n) is 4.00. The summed E-state index contributed by atoms with van der Waals surface area (Å²) in [5.41, 5.74) is 3.44. The summed E-state index contributed by atoms with van der Waals surface area (Å²) in [5, 5.41) is 7.09. The Hall–Kier alpha value is -1.98. The molecule has 0 unspecified atom stereocenters. The normalized spacial score (nSPS) is 14.8. The number of pyridine rings is 1. The summed E-state index contributed by atoms with van der Waals surface area (Å²) in [7, 11) is 0. The Kier molecular flexibility index (Phi) is 5.20. The highest BCUT2D eigenvalue weighted by molar-refractivity contribution is 7.08. The van der Waals surface area contributed by atoms with Gasteiger partial charge in [-0.25, -0.2) is 0 Å². The minimum absolute atomic E-state index is 0.0422. The second-order valence-electron chi connectivity index (χ2n) is 5.66. The number of aromatic nitrogens is 1. The van der Waals surface area contributed by atoms with Crippen molar-refractivity contribution in [2.24, 2.45) is 0 Å². The predicted octanol–water partition coefficient (Wildman–Crippen LogP) is 3.11. The van der Waals surface area contributed by atoms with Gasteiger partial charge in [-0.3, -0.25) is 14.7 Å². The van der Waals surface area contributed by atoms with E-state index in [9.17, 15) is 4.79 Å². The summed E-state index contributed by atoms with van der Waals surface area (Å²) in [4.78, 5) is 19.2. The fraction of sp³-hybridized carbons (Fsp3) is 0.333. The topological polar surface area (TPSA) is 45.2 Å². The van der Waals surface area contributed by atoms with Gasteiger partial charge in [0, 0.05) is 37.1 Å². The molecule has 0 bridgehead atoms. The van der Waals surface area contributed by atoms with Gasteiger partial charge in [-0.05, 0) is 36.9 Å². The molecule has 3 heterocycles. The molecule has 0 fully saturated rings. The van der Waals surface area contributed by atoms with Crippen LogP contribution in [-0.2, 0) is 0 Å². The molecule has 1 N–H and O–H groups in total. The molecule has 1 amide bonds. The molecule has 4 nitrogen and oxygen atoms in total. The lowest BCUT2D eigenvalue weighted by Crippen LogP contribution is -2.36. The van der Waals surface area contributed by atoms with Crippen molar-refractivity contribution in [2.75, 3.05) is 26.2 Å². The van der Waals surface area contributed by atoms with Crippen molar-refractivity contribution in [3.8, 4) is 11.3 Å². The molecule has 23 heavy (non-hydrogen) atoms. The monoisotopic (exact) mass is 327 g/mol. The minimum Gasteiger partial charge on any atom is -0.351 e. The lowest BCUT2D eigenvalue weighted by atomic mass is 10.1. The maximum Gasteiger partial charge on any atom is 0.253 e. The maximum absolute atomic E-state index is 12.3. The van der Waals surface area contributed by atoms with Crippen LogP contribution < -0.4 is 5.32 Å². The summed E-state index contributed by atoms with van der Waals surface area (Å²) in [5.74, 6) is -0.0422. The number of amides is 1. The van der Waals surface area contributed by atoms with Gasteiger partial charge >= 0.3 is 0 Å². The standard InChI is InChI=1S/C18H21N3OS/c1-14-16(5-6-17(20-14)15-7-12-23-13-15)18(22)19-8-11-21-9-3-2-4-10-21/h2-3,5-7,12-13H,4,8-11H2,1H3,(H,19,22). The molecule has 3 rings (SSSR count). The SMILES string of the molecule is Cc1nc(-c2ccsc2)ccc1C(=O)NCCN1CC=CCC1. The van der Waals surface area contributed by atoms with Crippen LogP contribution in [0, 0.1) is 6.92 Å². The van der Waals surface area contributed by atoms with Crippen LogP contribution in [0.5, 0.6) is 0 Å². The molecule has 0 saturated heterocycles. The third kappa shape index (κ3) is 4.06. The average Bonchev–Trinajstić information content (AvgIpc) is 3.10.